The predicted molar refractivity (Wildman–Crippen MR) is 95.3 cm³/mol. The standard InChI is InChI=1S/C16H19BrN2O4S/c1-11-14(15(17)12(2)23-11)16(20)18-8-9-24(21,22)19-10-13-6-4-3-5-7-13/h3-7,19H,8-10H2,1-2H3,(H,18,20). The van der Waals surface area contributed by atoms with Crippen molar-refractivity contribution < 1.29 is 17.6 Å². The minimum absolute atomic E-state index is 0.0130. The number of hydrogen-bond donors (Lipinski definition) is 2. The van der Waals surface area contributed by atoms with Gasteiger partial charge in [-0.05, 0) is 35.3 Å². The molecule has 0 aliphatic rings. The lowest BCUT2D eigenvalue weighted by atomic mass is 10.2. The fourth-order valence-corrected chi connectivity index (χ4v) is 3.61. The van der Waals surface area contributed by atoms with Gasteiger partial charge in [-0.2, -0.15) is 0 Å². The molecular weight excluding hydrogens is 396 g/mol. The van der Waals surface area contributed by atoms with E-state index in [2.05, 4.69) is 26.0 Å². The van der Waals surface area contributed by atoms with Gasteiger partial charge in [0.2, 0.25) is 10.0 Å². The summed E-state index contributed by atoms with van der Waals surface area (Å²) in [4.78, 5) is 12.1. The highest BCUT2D eigenvalue weighted by molar-refractivity contribution is 9.10. The molecule has 0 atom stereocenters. The molecule has 1 amide bonds. The smallest absolute Gasteiger partial charge is 0.256 e. The molecule has 24 heavy (non-hydrogen) atoms. The van der Waals surface area contributed by atoms with Gasteiger partial charge >= 0.3 is 0 Å². The number of furan rings is 1. The third kappa shape index (κ3) is 4.93. The number of carbonyl (C=O) groups excluding carboxylic acids is 1. The monoisotopic (exact) mass is 414 g/mol. The average molecular weight is 415 g/mol. The quantitative estimate of drug-likeness (QED) is 0.728. The van der Waals surface area contributed by atoms with Crippen LogP contribution < -0.4 is 10.0 Å². The second-order valence-electron chi connectivity index (χ2n) is 5.28. The summed E-state index contributed by atoms with van der Waals surface area (Å²) in [7, 11) is -3.47. The number of hydrogen-bond acceptors (Lipinski definition) is 4. The van der Waals surface area contributed by atoms with Gasteiger partial charge in [-0.3, -0.25) is 4.79 Å². The molecule has 0 bridgehead atoms. The van der Waals surface area contributed by atoms with Gasteiger partial charge in [0, 0.05) is 13.1 Å². The summed E-state index contributed by atoms with van der Waals surface area (Å²) in [6.07, 6.45) is 0. The molecule has 0 aliphatic carbocycles. The molecule has 0 radical (unpaired) electrons. The van der Waals surface area contributed by atoms with E-state index in [9.17, 15) is 13.2 Å². The first-order valence-corrected chi connectivity index (χ1v) is 9.79. The zero-order chi connectivity index (χ0) is 17.7. The maximum absolute atomic E-state index is 12.1. The van der Waals surface area contributed by atoms with Gasteiger partial charge in [0.25, 0.3) is 5.91 Å². The Morgan fingerprint density at radius 2 is 1.83 bits per heavy atom. The van der Waals surface area contributed by atoms with Crippen molar-refractivity contribution in [3.05, 3.63) is 57.5 Å². The summed E-state index contributed by atoms with van der Waals surface area (Å²) in [6, 6.07) is 9.23. The number of amides is 1. The number of nitrogens with one attached hydrogen (secondary N) is 2. The highest BCUT2D eigenvalue weighted by Crippen LogP contribution is 2.26. The van der Waals surface area contributed by atoms with Crippen molar-refractivity contribution in [2.45, 2.75) is 20.4 Å². The Bertz CT molecular complexity index is 816. The summed E-state index contributed by atoms with van der Waals surface area (Å²) in [6.45, 7) is 3.67. The summed E-state index contributed by atoms with van der Waals surface area (Å²) < 4.78 is 32.4. The molecule has 0 spiro atoms. The Balaban J connectivity index is 1.85. The maximum Gasteiger partial charge on any atom is 0.256 e. The van der Waals surface area contributed by atoms with Crippen LogP contribution in [0.1, 0.15) is 27.4 Å². The summed E-state index contributed by atoms with van der Waals surface area (Å²) in [5.41, 5.74) is 1.26. The van der Waals surface area contributed by atoms with Crippen LogP contribution in [0.3, 0.4) is 0 Å². The highest BCUT2D eigenvalue weighted by Gasteiger charge is 2.20. The Labute approximate surface area is 149 Å². The molecule has 2 aromatic rings. The molecule has 0 aliphatic heterocycles. The first-order valence-electron chi connectivity index (χ1n) is 7.35. The molecule has 1 aromatic heterocycles. The van der Waals surface area contributed by atoms with E-state index in [1.54, 1.807) is 13.8 Å². The Morgan fingerprint density at radius 3 is 2.42 bits per heavy atom. The van der Waals surface area contributed by atoms with Gasteiger partial charge < -0.3 is 9.73 Å². The number of rotatable bonds is 7. The summed E-state index contributed by atoms with van der Waals surface area (Å²) in [5, 5.41) is 2.60. The number of aryl methyl sites for hydroxylation is 2. The van der Waals surface area contributed by atoms with Crippen LogP contribution in [0.25, 0.3) is 0 Å². The molecule has 2 N–H and O–H groups in total. The van der Waals surface area contributed by atoms with Crippen molar-refractivity contribution in [1.82, 2.24) is 10.0 Å². The lowest BCUT2D eigenvalue weighted by molar-refractivity contribution is 0.0954. The minimum atomic E-state index is -3.47. The van der Waals surface area contributed by atoms with Gasteiger partial charge in [-0.1, -0.05) is 30.3 Å². The van der Waals surface area contributed by atoms with E-state index < -0.39 is 10.0 Å². The Morgan fingerprint density at radius 1 is 1.17 bits per heavy atom. The van der Waals surface area contributed by atoms with Crippen LogP contribution >= 0.6 is 15.9 Å². The van der Waals surface area contributed by atoms with E-state index in [1.807, 2.05) is 30.3 Å². The molecule has 8 heteroatoms. The third-order valence-electron chi connectivity index (χ3n) is 3.41. The van der Waals surface area contributed by atoms with Crippen LogP contribution in [0.4, 0.5) is 0 Å². The maximum atomic E-state index is 12.1. The number of carbonyl (C=O) groups is 1. The fraction of sp³-hybridized carbons (Fsp3) is 0.312. The number of sulfonamides is 1. The summed E-state index contributed by atoms with van der Waals surface area (Å²) >= 11 is 3.30. The second kappa shape index (κ2) is 7.96. The minimum Gasteiger partial charge on any atom is -0.465 e. The molecule has 0 saturated heterocycles. The number of benzene rings is 1. The zero-order valence-electron chi connectivity index (χ0n) is 13.4. The van der Waals surface area contributed by atoms with E-state index >= 15 is 0 Å². The zero-order valence-corrected chi connectivity index (χ0v) is 15.8. The average Bonchev–Trinajstić information content (AvgIpc) is 2.79. The molecule has 0 saturated carbocycles. The van der Waals surface area contributed by atoms with Crippen LogP contribution in [0, 0.1) is 13.8 Å². The van der Waals surface area contributed by atoms with Crippen molar-refractivity contribution in [1.29, 1.82) is 0 Å². The Hall–Kier alpha value is -1.64. The highest BCUT2D eigenvalue weighted by atomic mass is 79.9. The molecule has 0 fully saturated rings. The third-order valence-corrected chi connectivity index (χ3v) is 5.69. The van der Waals surface area contributed by atoms with E-state index in [4.69, 9.17) is 4.42 Å². The molecular formula is C16H19BrN2O4S. The van der Waals surface area contributed by atoms with Crippen LogP contribution in [-0.4, -0.2) is 26.6 Å². The predicted octanol–water partition coefficient (Wildman–Crippen LogP) is 2.51. The summed E-state index contributed by atoms with van der Waals surface area (Å²) in [5.74, 6) is 0.533. The first kappa shape index (κ1) is 18.7. The lowest BCUT2D eigenvalue weighted by Gasteiger charge is -2.08. The molecule has 1 heterocycles. The second-order valence-corrected chi connectivity index (χ2v) is 8.00. The topological polar surface area (TPSA) is 88.4 Å². The van der Waals surface area contributed by atoms with Crippen LogP contribution in [0.15, 0.2) is 39.2 Å². The van der Waals surface area contributed by atoms with Gasteiger partial charge in [-0.15, -0.1) is 0 Å². The van der Waals surface area contributed by atoms with Crippen molar-refractivity contribution in [3.8, 4) is 0 Å². The molecule has 130 valence electrons. The molecule has 6 nitrogen and oxygen atoms in total. The fourth-order valence-electron chi connectivity index (χ4n) is 2.16. The SMILES string of the molecule is Cc1oc(C)c(C(=O)NCCS(=O)(=O)NCc2ccccc2)c1Br. The van der Waals surface area contributed by atoms with Gasteiger partial charge in [0.05, 0.1) is 15.8 Å². The van der Waals surface area contributed by atoms with Crippen LogP contribution in [0.2, 0.25) is 0 Å². The van der Waals surface area contributed by atoms with Crippen molar-refractivity contribution in [2.24, 2.45) is 0 Å². The van der Waals surface area contributed by atoms with E-state index in [0.717, 1.165) is 5.56 Å². The van der Waals surface area contributed by atoms with Crippen molar-refractivity contribution >= 4 is 31.9 Å². The molecule has 2 rings (SSSR count). The first-order chi connectivity index (χ1) is 11.3. The van der Waals surface area contributed by atoms with E-state index in [1.165, 1.54) is 0 Å². The van der Waals surface area contributed by atoms with Crippen LogP contribution in [-0.2, 0) is 16.6 Å². The molecule has 0 unspecified atom stereocenters. The lowest BCUT2D eigenvalue weighted by Crippen LogP contribution is -2.34. The largest absolute Gasteiger partial charge is 0.465 e. The van der Waals surface area contributed by atoms with Gasteiger partial charge in [0.1, 0.15) is 11.5 Å². The van der Waals surface area contributed by atoms with Crippen molar-refractivity contribution in [2.75, 3.05) is 12.3 Å². The normalized spacial score (nSPS) is 11.5. The Kier molecular flexibility index (Phi) is 6.20. The number of halogens is 1. The van der Waals surface area contributed by atoms with E-state index in [0.29, 0.717) is 21.6 Å². The van der Waals surface area contributed by atoms with Gasteiger partial charge in [0.15, 0.2) is 0 Å². The van der Waals surface area contributed by atoms with E-state index in [-0.39, 0.29) is 24.7 Å². The van der Waals surface area contributed by atoms with Gasteiger partial charge in [-0.25, -0.2) is 13.1 Å². The van der Waals surface area contributed by atoms with Crippen molar-refractivity contribution in [3.63, 3.8) is 0 Å². The van der Waals surface area contributed by atoms with Crippen LogP contribution in [0.5, 0.6) is 0 Å². The molecule has 1 aromatic carbocycles.